The number of rotatable bonds is 9. The Morgan fingerprint density at radius 3 is 2.82 bits per heavy atom. The summed E-state index contributed by atoms with van der Waals surface area (Å²) in [6.07, 6.45) is 7.66. The topological polar surface area (TPSA) is 58.1 Å². The van der Waals surface area contributed by atoms with Crippen molar-refractivity contribution in [2.45, 2.75) is 25.8 Å². The van der Waals surface area contributed by atoms with Crippen LogP contribution in [0.5, 0.6) is 0 Å². The van der Waals surface area contributed by atoms with Crippen LogP contribution in [0.3, 0.4) is 0 Å². The van der Waals surface area contributed by atoms with E-state index in [4.69, 9.17) is 9.47 Å². The minimum Gasteiger partial charge on any atom is -0.381 e. The first kappa shape index (κ1) is 20.7. The molecule has 0 amide bonds. The predicted molar refractivity (Wildman–Crippen MR) is 115 cm³/mol. The highest BCUT2D eigenvalue weighted by atomic mass is 16.5. The van der Waals surface area contributed by atoms with Crippen molar-refractivity contribution in [3.8, 4) is 0 Å². The lowest BCUT2D eigenvalue weighted by Gasteiger charge is -2.21. The number of ether oxygens (including phenoxy) is 2. The van der Waals surface area contributed by atoms with Crippen molar-refractivity contribution < 1.29 is 9.47 Å². The van der Waals surface area contributed by atoms with Crippen molar-refractivity contribution in [2.75, 3.05) is 58.0 Å². The summed E-state index contributed by atoms with van der Waals surface area (Å²) < 4.78 is 11.2. The summed E-state index contributed by atoms with van der Waals surface area (Å²) >= 11 is 0. The van der Waals surface area contributed by atoms with Crippen molar-refractivity contribution in [1.29, 1.82) is 0 Å². The second kappa shape index (κ2) is 11.7. The van der Waals surface area contributed by atoms with Gasteiger partial charge < -0.3 is 25.0 Å². The molecule has 0 radical (unpaired) electrons. The number of nitrogens with one attached hydrogen (secondary N) is 2. The third-order valence-corrected chi connectivity index (χ3v) is 5.23. The molecule has 6 heteroatoms. The number of hydrogen-bond acceptors (Lipinski definition) is 4. The van der Waals surface area contributed by atoms with E-state index in [0.717, 1.165) is 77.8 Å². The highest BCUT2D eigenvalue weighted by Crippen LogP contribution is 2.18. The summed E-state index contributed by atoms with van der Waals surface area (Å²) in [6.45, 7) is 7.02. The second-order valence-electron chi connectivity index (χ2n) is 7.38. The van der Waals surface area contributed by atoms with Gasteiger partial charge in [-0.1, -0.05) is 24.3 Å². The van der Waals surface area contributed by atoms with Gasteiger partial charge in [0.1, 0.15) is 0 Å². The van der Waals surface area contributed by atoms with E-state index < -0.39 is 0 Å². The summed E-state index contributed by atoms with van der Waals surface area (Å²) in [4.78, 5) is 6.67. The zero-order chi connectivity index (χ0) is 19.4. The molecular weight excluding hydrogens is 352 g/mol. The maximum absolute atomic E-state index is 5.81. The fourth-order valence-corrected chi connectivity index (χ4v) is 3.50. The third-order valence-electron chi connectivity index (χ3n) is 5.23. The van der Waals surface area contributed by atoms with Crippen molar-refractivity contribution in [3.63, 3.8) is 0 Å². The Balaban J connectivity index is 1.29. The predicted octanol–water partition coefficient (Wildman–Crippen LogP) is 2.56. The van der Waals surface area contributed by atoms with Gasteiger partial charge in [0.25, 0.3) is 0 Å². The number of hydrogen-bond donors (Lipinski definition) is 2. The van der Waals surface area contributed by atoms with Crippen LogP contribution < -0.4 is 15.5 Å². The molecule has 1 aromatic rings. The van der Waals surface area contributed by atoms with E-state index in [-0.39, 0.29) is 0 Å². The minimum atomic E-state index is 0.670. The van der Waals surface area contributed by atoms with Gasteiger partial charge in [-0.05, 0) is 42.9 Å². The zero-order valence-electron chi connectivity index (χ0n) is 17.0. The van der Waals surface area contributed by atoms with Gasteiger partial charge >= 0.3 is 0 Å². The molecule has 1 fully saturated rings. The van der Waals surface area contributed by atoms with Crippen LogP contribution in [-0.2, 0) is 16.0 Å². The summed E-state index contributed by atoms with van der Waals surface area (Å²) in [6, 6.07) is 8.69. The summed E-state index contributed by atoms with van der Waals surface area (Å²) in [7, 11) is 1.81. The van der Waals surface area contributed by atoms with Crippen LogP contribution >= 0.6 is 0 Å². The Morgan fingerprint density at radius 1 is 1.21 bits per heavy atom. The van der Waals surface area contributed by atoms with E-state index >= 15 is 0 Å². The molecule has 2 aliphatic rings. The molecule has 2 N–H and O–H groups in total. The maximum atomic E-state index is 5.81. The fourth-order valence-electron chi connectivity index (χ4n) is 3.50. The van der Waals surface area contributed by atoms with Crippen LogP contribution in [0.25, 0.3) is 0 Å². The van der Waals surface area contributed by atoms with Gasteiger partial charge in [-0.15, -0.1) is 0 Å². The average Bonchev–Trinajstić information content (AvgIpc) is 3.29. The van der Waals surface area contributed by atoms with Gasteiger partial charge in [0, 0.05) is 65.3 Å². The Kier molecular flexibility index (Phi) is 8.65. The molecular formula is C22H34N4O2. The minimum absolute atomic E-state index is 0.670. The number of nitrogens with zero attached hydrogens (tertiary/aromatic N) is 2. The zero-order valence-corrected chi connectivity index (χ0v) is 17.0. The van der Waals surface area contributed by atoms with E-state index in [1.807, 2.05) is 7.05 Å². The molecule has 3 rings (SSSR count). The van der Waals surface area contributed by atoms with Crippen molar-refractivity contribution in [3.05, 3.63) is 42.0 Å². The van der Waals surface area contributed by atoms with Gasteiger partial charge in [0.05, 0.1) is 0 Å². The van der Waals surface area contributed by atoms with Gasteiger partial charge in [-0.3, -0.25) is 4.99 Å². The molecule has 1 saturated heterocycles. The molecule has 0 bridgehead atoms. The SMILES string of the molecule is CN=C(NCCCOCC1CCOCC1)NCc1cccc(N2CC=CC2)c1. The Labute approximate surface area is 169 Å². The molecule has 2 aliphatic heterocycles. The average molecular weight is 387 g/mol. The Morgan fingerprint density at radius 2 is 2.04 bits per heavy atom. The molecule has 154 valence electrons. The van der Waals surface area contributed by atoms with Crippen LogP contribution in [0, 0.1) is 5.92 Å². The van der Waals surface area contributed by atoms with Crippen LogP contribution in [0.2, 0.25) is 0 Å². The Bertz CT molecular complexity index is 633. The van der Waals surface area contributed by atoms with E-state index in [9.17, 15) is 0 Å². The Hall–Kier alpha value is -2.05. The summed E-state index contributed by atoms with van der Waals surface area (Å²) in [5.74, 6) is 1.50. The van der Waals surface area contributed by atoms with Gasteiger partial charge in [-0.2, -0.15) is 0 Å². The van der Waals surface area contributed by atoms with E-state index in [0.29, 0.717) is 5.92 Å². The molecule has 0 unspecified atom stereocenters. The molecule has 28 heavy (non-hydrogen) atoms. The monoisotopic (exact) mass is 386 g/mol. The molecule has 0 spiro atoms. The second-order valence-corrected chi connectivity index (χ2v) is 7.38. The first-order chi connectivity index (χ1) is 13.8. The molecule has 0 saturated carbocycles. The molecule has 6 nitrogen and oxygen atoms in total. The molecule has 0 atom stereocenters. The maximum Gasteiger partial charge on any atom is 0.191 e. The van der Waals surface area contributed by atoms with Crippen LogP contribution in [-0.4, -0.2) is 59.1 Å². The van der Waals surface area contributed by atoms with Crippen LogP contribution in [0.15, 0.2) is 41.4 Å². The normalized spacial score (nSPS) is 17.9. The molecule has 0 aliphatic carbocycles. The number of guanidine groups is 1. The van der Waals surface area contributed by atoms with Crippen molar-refractivity contribution in [2.24, 2.45) is 10.9 Å². The fraction of sp³-hybridized carbons (Fsp3) is 0.591. The van der Waals surface area contributed by atoms with Gasteiger partial charge in [0.2, 0.25) is 0 Å². The summed E-state index contributed by atoms with van der Waals surface area (Å²) in [5.41, 5.74) is 2.53. The number of anilines is 1. The van der Waals surface area contributed by atoms with Crippen molar-refractivity contribution >= 4 is 11.6 Å². The van der Waals surface area contributed by atoms with E-state index in [1.165, 1.54) is 11.3 Å². The lowest BCUT2D eigenvalue weighted by atomic mass is 10.0. The lowest BCUT2D eigenvalue weighted by molar-refractivity contribution is 0.0203. The highest BCUT2D eigenvalue weighted by Gasteiger charge is 2.13. The molecule has 2 heterocycles. The summed E-state index contributed by atoms with van der Waals surface area (Å²) in [5, 5.41) is 6.76. The highest BCUT2D eigenvalue weighted by molar-refractivity contribution is 5.79. The van der Waals surface area contributed by atoms with E-state index in [1.54, 1.807) is 0 Å². The van der Waals surface area contributed by atoms with E-state index in [2.05, 4.69) is 56.9 Å². The van der Waals surface area contributed by atoms with Crippen LogP contribution in [0.1, 0.15) is 24.8 Å². The van der Waals surface area contributed by atoms with Gasteiger partial charge in [0.15, 0.2) is 5.96 Å². The largest absolute Gasteiger partial charge is 0.381 e. The first-order valence-corrected chi connectivity index (χ1v) is 10.4. The van der Waals surface area contributed by atoms with Gasteiger partial charge in [-0.25, -0.2) is 0 Å². The lowest BCUT2D eigenvalue weighted by Crippen LogP contribution is -2.37. The molecule has 1 aromatic carbocycles. The quantitative estimate of drug-likeness (QED) is 0.296. The molecule has 0 aromatic heterocycles. The third kappa shape index (κ3) is 6.84. The van der Waals surface area contributed by atoms with Crippen molar-refractivity contribution in [1.82, 2.24) is 10.6 Å². The number of benzene rings is 1. The van der Waals surface area contributed by atoms with Crippen LogP contribution in [0.4, 0.5) is 5.69 Å². The standard InChI is InChI=1S/C22H34N4O2/c1-23-22(24-10-5-13-28-18-19-8-14-27-15-9-19)25-17-20-6-4-7-21(16-20)26-11-2-3-12-26/h2-4,6-7,16,19H,5,8-15,17-18H2,1H3,(H2,23,24,25). The first-order valence-electron chi connectivity index (χ1n) is 10.4. The number of aliphatic imine (C=N–C) groups is 1. The smallest absolute Gasteiger partial charge is 0.191 e.